The van der Waals surface area contributed by atoms with Crippen molar-refractivity contribution >= 4 is 5.78 Å². The first-order valence-electron chi connectivity index (χ1n) is 12.3. The van der Waals surface area contributed by atoms with E-state index in [4.69, 9.17) is 9.47 Å². The molecule has 0 N–H and O–H groups in total. The minimum atomic E-state index is -0.312. The minimum Gasteiger partial charge on any atom is -0.489 e. The monoisotopic (exact) mass is 431 g/mol. The van der Waals surface area contributed by atoms with Crippen LogP contribution in [0.1, 0.15) is 55.2 Å². The van der Waals surface area contributed by atoms with Gasteiger partial charge in [-0.25, -0.2) is 0 Å². The van der Waals surface area contributed by atoms with Crippen molar-refractivity contribution in [1.29, 1.82) is 0 Å². The predicted molar refractivity (Wildman–Crippen MR) is 124 cm³/mol. The molecule has 2 aromatic rings. The fourth-order valence-electron chi connectivity index (χ4n) is 7.07. The maximum absolute atomic E-state index is 12.9. The Morgan fingerprint density at radius 2 is 1.91 bits per heavy atom. The molecule has 0 spiro atoms. The van der Waals surface area contributed by atoms with Gasteiger partial charge in [0.25, 0.3) is 0 Å². The van der Waals surface area contributed by atoms with E-state index in [0.717, 1.165) is 43.0 Å². The van der Waals surface area contributed by atoms with E-state index in [9.17, 15) is 4.79 Å². The third-order valence-corrected chi connectivity index (χ3v) is 8.68. The molecule has 3 atom stereocenters. The number of carbonyl (C=O) groups is 1. The second-order valence-corrected chi connectivity index (χ2v) is 10.4. The zero-order valence-electron chi connectivity index (χ0n) is 19.0. The molecule has 3 fully saturated rings. The van der Waals surface area contributed by atoms with Gasteiger partial charge in [0.05, 0.1) is 5.60 Å². The SMILES string of the molecule is CO[C@@]12CCC(=O)CC13CCN(CC1CC1)[C@@H]2Cc1cccc(OCc2ccccc2)c13. The van der Waals surface area contributed by atoms with Gasteiger partial charge >= 0.3 is 0 Å². The normalized spacial score (nSPS) is 31.7. The molecule has 1 saturated heterocycles. The molecule has 32 heavy (non-hydrogen) atoms. The summed E-state index contributed by atoms with van der Waals surface area (Å²) in [6.07, 6.45) is 6.70. The molecule has 1 heterocycles. The summed E-state index contributed by atoms with van der Waals surface area (Å²) in [6.45, 7) is 2.77. The summed E-state index contributed by atoms with van der Waals surface area (Å²) in [4.78, 5) is 15.6. The number of rotatable bonds is 6. The molecule has 168 valence electrons. The highest BCUT2D eigenvalue weighted by Crippen LogP contribution is 2.61. The molecule has 4 heteroatoms. The third kappa shape index (κ3) is 3.07. The molecule has 1 unspecified atom stereocenters. The molecule has 1 aliphatic heterocycles. The molecule has 4 aliphatic rings. The highest BCUT2D eigenvalue weighted by molar-refractivity contribution is 5.83. The van der Waals surface area contributed by atoms with Gasteiger partial charge < -0.3 is 9.47 Å². The number of benzene rings is 2. The Morgan fingerprint density at radius 3 is 2.69 bits per heavy atom. The van der Waals surface area contributed by atoms with E-state index in [1.165, 1.54) is 30.5 Å². The second-order valence-electron chi connectivity index (χ2n) is 10.4. The predicted octanol–water partition coefficient (Wildman–Crippen LogP) is 4.68. The molecular formula is C28H33NO3. The van der Waals surface area contributed by atoms with Crippen LogP contribution in [0.2, 0.25) is 0 Å². The van der Waals surface area contributed by atoms with Crippen LogP contribution in [0.15, 0.2) is 48.5 Å². The average molecular weight is 432 g/mol. The zero-order chi connectivity index (χ0) is 21.8. The number of fused-ring (bicyclic) bond motifs is 1. The summed E-state index contributed by atoms with van der Waals surface area (Å²) in [5.41, 5.74) is 3.17. The van der Waals surface area contributed by atoms with Gasteiger partial charge in [0.15, 0.2) is 0 Å². The molecule has 2 aromatic carbocycles. The first kappa shape index (κ1) is 20.4. The molecule has 6 rings (SSSR count). The quantitative estimate of drug-likeness (QED) is 0.666. The molecule has 2 bridgehead atoms. The van der Waals surface area contributed by atoms with Crippen molar-refractivity contribution < 1.29 is 14.3 Å². The van der Waals surface area contributed by atoms with E-state index < -0.39 is 0 Å². The number of ketones is 1. The summed E-state index contributed by atoms with van der Waals surface area (Å²) in [5.74, 6) is 2.16. The fraction of sp³-hybridized carbons (Fsp3) is 0.536. The molecule has 0 amide bonds. The number of Topliss-reactive ketones (excluding diaryl/α,β-unsaturated/α-hetero) is 1. The van der Waals surface area contributed by atoms with E-state index in [0.29, 0.717) is 31.3 Å². The number of likely N-dealkylation sites (tertiary alicyclic amines) is 1. The van der Waals surface area contributed by atoms with Crippen molar-refractivity contribution in [1.82, 2.24) is 4.90 Å². The number of methoxy groups -OCH3 is 1. The average Bonchev–Trinajstić information content (AvgIpc) is 3.64. The van der Waals surface area contributed by atoms with E-state index in [2.05, 4.69) is 35.2 Å². The summed E-state index contributed by atoms with van der Waals surface area (Å²) >= 11 is 0. The molecule has 0 aromatic heterocycles. The van der Waals surface area contributed by atoms with Crippen LogP contribution >= 0.6 is 0 Å². The Kier molecular flexibility index (Phi) is 4.92. The molecule has 2 saturated carbocycles. The maximum Gasteiger partial charge on any atom is 0.134 e. The third-order valence-electron chi connectivity index (χ3n) is 8.68. The van der Waals surface area contributed by atoms with Crippen molar-refractivity contribution in [3.05, 3.63) is 65.2 Å². The van der Waals surface area contributed by atoms with Gasteiger partial charge in [-0.15, -0.1) is 0 Å². The lowest BCUT2D eigenvalue weighted by atomic mass is 9.49. The van der Waals surface area contributed by atoms with E-state index >= 15 is 0 Å². The van der Waals surface area contributed by atoms with Gasteiger partial charge in [-0.3, -0.25) is 9.69 Å². The molecule has 3 aliphatic carbocycles. The maximum atomic E-state index is 12.9. The smallest absolute Gasteiger partial charge is 0.134 e. The fourth-order valence-corrected chi connectivity index (χ4v) is 7.07. The number of carbonyl (C=O) groups excluding carboxylic acids is 1. The second kappa shape index (κ2) is 7.71. The Bertz CT molecular complexity index is 1020. The van der Waals surface area contributed by atoms with Gasteiger partial charge in [0.1, 0.15) is 18.1 Å². The van der Waals surface area contributed by atoms with Crippen LogP contribution in [0.25, 0.3) is 0 Å². The largest absolute Gasteiger partial charge is 0.489 e. The summed E-state index contributed by atoms with van der Waals surface area (Å²) < 4.78 is 13.0. The number of piperidine rings is 1. The van der Waals surface area contributed by atoms with E-state index in [-0.39, 0.29) is 11.0 Å². The molecule has 0 radical (unpaired) electrons. The summed E-state index contributed by atoms with van der Waals surface area (Å²) in [5, 5.41) is 0. The first-order chi connectivity index (χ1) is 15.6. The highest BCUT2D eigenvalue weighted by atomic mass is 16.5. The van der Waals surface area contributed by atoms with Crippen LogP contribution in [0.5, 0.6) is 5.75 Å². The Labute approximate surface area is 190 Å². The van der Waals surface area contributed by atoms with Crippen LogP contribution in [0, 0.1) is 5.92 Å². The van der Waals surface area contributed by atoms with E-state index in [1.54, 1.807) is 0 Å². The minimum absolute atomic E-state index is 0.289. The van der Waals surface area contributed by atoms with Gasteiger partial charge in [-0.1, -0.05) is 42.5 Å². The van der Waals surface area contributed by atoms with Crippen LogP contribution in [0.4, 0.5) is 0 Å². The van der Waals surface area contributed by atoms with Crippen molar-refractivity contribution in [3.8, 4) is 5.75 Å². The molecule has 4 nitrogen and oxygen atoms in total. The number of ether oxygens (including phenoxy) is 2. The first-order valence-corrected chi connectivity index (χ1v) is 12.3. The summed E-state index contributed by atoms with van der Waals surface area (Å²) in [6, 6.07) is 17.2. The lowest BCUT2D eigenvalue weighted by Gasteiger charge is -2.65. The van der Waals surface area contributed by atoms with Crippen LogP contribution in [-0.4, -0.2) is 42.5 Å². The van der Waals surface area contributed by atoms with Crippen molar-refractivity contribution in [2.75, 3.05) is 20.2 Å². The van der Waals surface area contributed by atoms with Crippen molar-refractivity contribution in [2.24, 2.45) is 5.92 Å². The zero-order valence-corrected chi connectivity index (χ0v) is 19.0. The van der Waals surface area contributed by atoms with Gasteiger partial charge in [0.2, 0.25) is 0 Å². The standard InChI is InChI=1S/C28H33NO3/c1-31-28-13-12-23(30)17-27(28)14-15-29(18-20-10-11-20)25(28)16-22-8-5-9-24(26(22)27)32-19-21-6-3-2-4-7-21/h2-9,20,25H,10-19H2,1H3/t25-,27?,28-/m1/s1. The molecular weight excluding hydrogens is 398 g/mol. The number of nitrogens with zero attached hydrogens (tertiary/aromatic N) is 1. The van der Waals surface area contributed by atoms with Gasteiger partial charge in [-0.05, 0) is 61.8 Å². The summed E-state index contributed by atoms with van der Waals surface area (Å²) in [7, 11) is 1.89. The highest BCUT2D eigenvalue weighted by Gasteiger charge is 2.66. The van der Waals surface area contributed by atoms with E-state index in [1.807, 2.05) is 25.3 Å². The Morgan fingerprint density at radius 1 is 1.06 bits per heavy atom. The number of hydrogen-bond donors (Lipinski definition) is 0. The lowest BCUT2D eigenvalue weighted by Crippen LogP contribution is -2.74. The van der Waals surface area contributed by atoms with Crippen molar-refractivity contribution in [2.45, 2.75) is 68.6 Å². The Hall–Kier alpha value is -2.17. The lowest BCUT2D eigenvalue weighted by molar-refractivity contribution is -0.188. The number of hydrogen-bond acceptors (Lipinski definition) is 4. The van der Waals surface area contributed by atoms with Crippen LogP contribution in [0.3, 0.4) is 0 Å². The van der Waals surface area contributed by atoms with Gasteiger partial charge in [0, 0.05) is 43.5 Å². The topological polar surface area (TPSA) is 38.8 Å². The van der Waals surface area contributed by atoms with Gasteiger partial charge in [-0.2, -0.15) is 0 Å². The van der Waals surface area contributed by atoms with Crippen LogP contribution in [-0.2, 0) is 28.0 Å². The van der Waals surface area contributed by atoms with Crippen molar-refractivity contribution in [3.63, 3.8) is 0 Å². The van der Waals surface area contributed by atoms with Crippen LogP contribution < -0.4 is 4.74 Å². The Balaban J connectivity index is 1.44.